The van der Waals surface area contributed by atoms with Gasteiger partial charge in [-0.15, -0.1) is 0 Å². The molecule has 1 aromatic rings. The highest BCUT2D eigenvalue weighted by Crippen LogP contribution is 2.32. The quantitative estimate of drug-likeness (QED) is 0.833. The maximum Gasteiger partial charge on any atom is 0.416 e. The Bertz CT molecular complexity index is 334. The number of hydrogen-bond acceptors (Lipinski definition) is 2. The first kappa shape index (κ1) is 13.0. The minimum atomic E-state index is -4.36. The summed E-state index contributed by atoms with van der Waals surface area (Å²) in [4.78, 5) is 0. The van der Waals surface area contributed by atoms with Gasteiger partial charge in [-0.3, -0.25) is 0 Å². The van der Waals surface area contributed by atoms with Crippen molar-refractivity contribution in [3.8, 4) is 0 Å². The minimum Gasteiger partial charge on any atom is -0.396 e. The van der Waals surface area contributed by atoms with Crippen LogP contribution in [-0.4, -0.2) is 18.3 Å². The number of aliphatic hydroxyl groups is 1. The fraction of sp³-hybridized carbons (Fsp3) is 0.455. The van der Waals surface area contributed by atoms with Crippen LogP contribution in [0, 0.1) is 5.92 Å². The Labute approximate surface area is 91.9 Å². The SMILES string of the molecule is NC[C@@H](CO)Cc1ccccc1C(F)(F)F. The molecule has 90 valence electrons. The summed E-state index contributed by atoms with van der Waals surface area (Å²) >= 11 is 0. The molecule has 0 spiro atoms. The molecule has 0 aliphatic rings. The molecule has 1 rings (SSSR count). The second kappa shape index (κ2) is 5.32. The van der Waals surface area contributed by atoms with Crippen molar-refractivity contribution in [2.75, 3.05) is 13.2 Å². The summed E-state index contributed by atoms with van der Waals surface area (Å²) in [5, 5.41) is 8.92. The second-order valence-corrected chi connectivity index (χ2v) is 3.64. The lowest BCUT2D eigenvalue weighted by Crippen LogP contribution is -2.22. The van der Waals surface area contributed by atoms with E-state index in [1.165, 1.54) is 12.1 Å². The molecule has 0 heterocycles. The molecule has 0 aliphatic carbocycles. The van der Waals surface area contributed by atoms with Gasteiger partial charge in [0.25, 0.3) is 0 Å². The van der Waals surface area contributed by atoms with Gasteiger partial charge in [-0.1, -0.05) is 18.2 Å². The first-order chi connectivity index (χ1) is 7.49. The topological polar surface area (TPSA) is 46.2 Å². The van der Waals surface area contributed by atoms with E-state index in [0.29, 0.717) is 0 Å². The average molecular weight is 233 g/mol. The molecule has 0 aromatic heterocycles. The number of alkyl halides is 3. The van der Waals surface area contributed by atoms with Crippen LogP contribution in [0.25, 0.3) is 0 Å². The zero-order valence-corrected chi connectivity index (χ0v) is 8.67. The van der Waals surface area contributed by atoms with E-state index in [4.69, 9.17) is 10.8 Å². The summed E-state index contributed by atoms with van der Waals surface area (Å²) in [5.74, 6) is -0.330. The second-order valence-electron chi connectivity index (χ2n) is 3.64. The number of benzene rings is 1. The monoisotopic (exact) mass is 233 g/mol. The van der Waals surface area contributed by atoms with Gasteiger partial charge in [0.1, 0.15) is 0 Å². The Morgan fingerprint density at radius 3 is 2.38 bits per heavy atom. The van der Waals surface area contributed by atoms with Crippen LogP contribution >= 0.6 is 0 Å². The fourth-order valence-electron chi connectivity index (χ4n) is 1.51. The standard InChI is InChI=1S/C11H14F3NO/c12-11(13,14)10-4-2-1-3-9(10)5-8(6-15)7-16/h1-4,8,16H,5-7,15H2/t8-/m0/s1. The molecule has 1 aromatic carbocycles. The summed E-state index contributed by atoms with van der Waals surface area (Å²) in [5.41, 5.74) is 4.88. The number of hydrogen-bond donors (Lipinski definition) is 2. The molecule has 0 radical (unpaired) electrons. The Kier molecular flexibility index (Phi) is 4.32. The van der Waals surface area contributed by atoms with Crippen LogP contribution in [0.2, 0.25) is 0 Å². The zero-order chi connectivity index (χ0) is 12.2. The van der Waals surface area contributed by atoms with E-state index >= 15 is 0 Å². The van der Waals surface area contributed by atoms with Crippen molar-refractivity contribution < 1.29 is 18.3 Å². The number of aliphatic hydroxyl groups excluding tert-OH is 1. The van der Waals surface area contributed by atoms with Gasteiger partial charge in [-0.25, -0.2) is 0 Å². The van der Waals surface area contributed by atoms with E-state index in [0.717, 1.165) is 6.07 Å². The van der Waals surface area contributed by atoms with Gasteiger partial charge in [0.2, 0.25) is 0 Å². The Morgan fingerprint density at radius 2 is 1.88 bits per heavy atom. The molecule has 16 heavy (non-hydrogen) atoms. The van der Waals surface area contributed by atoms with Crippen molar-refractivity contribution >= 4 is 0 Å². The maximum absolute atomic E-state index is 12.6. The number of halogens is 3. The van der Waals surface area contributed by atoms with Gasteiger partial charge in [0, 0.05) is 6.61 Å². The van der Waals surface area contributed by atoms with Crippen molar-refractivity contribution in [1.82, 2.24) is 0 Å². The third kappa shape index (κ3) is 3.21. The van der Waals surface area contributed by atoms with Crippen molar-refractivity contribution in [1.29, 1.82) is 0 Å². The molecule has 0 fully saturated rings. The van der Waals surface area contributed by atoms with Crippen LogP contribution in [-0.2, 0) is 12.6 Å². The molecule has 5 heteroatoms. The molecule has 0 aliphatic heterocycles. The number of nitrogens with two attached hydrogens (primary N) is 1. The van der Waals surface area contributed by atoms with Gasteiger partial charge >= 0.3 is 6.18 Å². The van der Waals surface area contributed by atoms with Gasteiger partial charge in [-0.05, 0) is 30.5 Å². The molecule has 3 N–H and O–H groups in total. The maximum atomic E-state index is 12.6. The van der Waals surface area contributed by atoms with Crippen molar-refractivity contribution in [3.05, 3.63) is 35.4 Å². The Balaban J connectivity index is 2.95. The van der Waals surface area contributed by atoms with E-state index in [9.17, 15) is 13.2 Å². The van der Waals surface area contributed by atoms with Crippen LogP contribution in [0.1, 0.15) is 11.1 Å². The highest BCUT2D eigenvalue weighted by atomic mass is 19.4. The van der Waals surface area contributed by atoms with E-state index in [1.807, 2.05) is 0 Å². The van der Waals surface area contributed by atoms with E-state index in [1.54, 1.807) is 6.07 Å². The van der Waals surface area contributed by atoms with Crippen LogP contribution in [0.4, 0.5) is 13.2 Å². The third-order valence-electron chi connectivity index (χ3n) is 2.42. The Hall–Kier alpha value is -1.07. The van der Waals surface area contributed by atoms with Gasteiger partial charge in [0.15, 0.2) is 0 Å². The number of rotatable bonds is 4. The van der Waals surface area contributed by atoms with Crippen LogP contribution in [0.5, 0.6) is 0 Å². The first-order valence-electron chi connectivity index (χ1n) is 4.95. The molecule has 0 unspecified atom stereocenters. The minimum absolute atomic E-state index is 0.142. The smallest absolute Gasteiger partial charge is 0.396 e. The molecule has 0 saturated heterocycles. The van der Waals surface area contributed by atoms with Crippen molar-refractivity contribution in [2.24, 2.45) is 11.7 Å². The third-order valence-corrected chi connectivity index (χ3v) is 2.42. The molecule has 0 amide bonds. The van der Waals surface area contributed by atoms with Gasteiger partial charge in [-0.2, -0.15) is 13.2 Å². The fourth-order valence-corrected chi connectivity index (χ4v) is 1.51. The largest absolute Gasteiger partial charge is 0.416 e. The van der Waals surface area contributed by atoms with Crippen LogP contribution in [0.15, 0.2) is 24.3 Å². The molecule has 0 bridgehead atoms. The van der Waals surface area contributed by atoms with E-state index in [2.05, 4.69) is 0 Å². The van der Waals surface area contributed by atoms with Crippen molar-refractivity contribution in [2.45, 2.75) is 12.6 Å². The average Bonchev–Trinajstić information content (AvgIpc) is 2.25. The summed E-state index contributed by atoms with van der Waals surface area (Å²) < 4.78 is 37.8. The molecular formula is C11H14F3NO. The molecule has 0 saturated carbocycles. The molecule has 2 nitrogen and oxygen atoms in total. The highest BCUT2D eigenvalue weighted by molar-refractivity contribution is 5.30. The highest BCUT2D eigenvalue weighted by Gasteiger charge is 2.33. The van der Waals surface area contributed by atoms with Crippen LogP contribution < -0.4 is 5.73 Å². The van der Waals surface area contributed by atoms with Gasteiger partial charge < -0.3 is 10.8 Å². The normalized spacial score (nSPS) is 13.8. The zero-order valence-electron chi connectivity index (χ0n) is 8.67. The summed E-state index contributed by atoms with van der Waals surface area (Å²) in [6, 6.07) is 5.36. The lowest BCUT2D eigenvalue weighted by Gasteiger charge is -2.16. The lowest BCUT2D eigenvalue weighted by atomic mass is 9.96. The summed E-state index contributed by atoms with van der Waals surface area (Å²) in [6.45, 7) is -0.0363. The van der Waals surface area contributed by atoms with E-state index in [-0.39, 0.29) is 31.1 Å². The van der Waals surface area contributed by atoms with Gasteiger partial charge in [0.05, 0.1) is 5.56 Å². The predicted molar refractivity (Wildman–Crippen MR) is 54.8 cm³/mol. The summed E-state index contributed by atoms with van der Waals surface area (Å²) in [7, 11) is 0. The molecule has 1 atom stereocenters. The van der Waals surface area contributed by atoms with E-state index < -0.39 is 11.7 Å². The Morgan fingerprint density at radius 1 is 1.25 bits per heavy atom. The lowest BCUT2D eigenvalue weighted by molar-refractivity contribution is -0.138. The van der Waals surface area contributed by atoms with Crippen molar-refractivity contribution in [3.63, 3.8) is 0 Å². The van der Waals surface area contributed by atoms with Crippen LogP contribution in [0.3, 0.4) is 0 Å². The summed E-state index contributed by atoms with van der Waals surface area (Å²) in [6.07, 6.45) is -4.21. The first-order valence-corrected chi connectivity index (χ1v) is 4.95. The predicted octanol–water partition coefficient (Wildman–Crippen LogP) is 1.82. The molecular weight excluding hydrogens is 219 g/mol.